The van der Waals surface area contributed by atoms with E-state index >= 15 is 0 Å². The second-order valence-electron chi connectivity index (χ2n) is 5.64. The van der Waals surface area contributed by atoms with Crippen LogP contribution in [-0.2, 0) is 0 Å². The molecule has 0 fully saturated rings. The zero-order chi connectivity index (χ0) is 14.8. The summed E-state index contributed by atoms with van der Waals surface area (Å²) in [5.74, 6) is 0.609. The summed E-state index contributed by atoms with van der Waals surface area (Å²) in [4.78, 5) is 0. The summed E-state index contributed by atoms with van der Waals surface area (Å²) in [5, 5.41) is 3.47. The Morgan fingerprint density at radius 1 is 1.00 bits per heavy atom. The van der Waals surface area contributed by atoms with Crippen LogP contribution < -0.4 is 5.73 Å². The van der Waals surface area contributed by atoms with Crippen molar-refractivity contribution >= 4 is 21.4 Å². The maximum atomic E-state index is 6.49. The number of hydrogen-bond donors (Lipinski definition) is 1. The smallest absolute Gasteiger partial charge is 0.0566 e. The Balaban J connectivity index is 1.93. The Morgan fingerprint density at radius 2 is 1.67 bits per heavy atom. The summed E-state index contributed by atoms with van der Waals surface area (Å²) in [6, 6.07) is 17.2. The van der Waals surface area contributed by atoms with Gasteiger partial charge in [0.25, 0.3) is 0 Å². The van der Waals surface area contributed by atoms with Crippen LogP contribution >= 0.6 is 11.3 Å². The molecule has 0 radical (unpaired) electrons. The number of hydrogen-bond acceptors (Lipinski definition) is 2. The predicted molar refractivity (Wildman–Crippen MR) is 93.0 cm³/mol. The lowest BCUT2D eigenvalue weighted by atomic mass is 9.94. The molecule has 1 heterocycles. The van der Waals surface area contributed by atoms with E-state index in [2.05, 4.69) is 67.8 Å². The summed E-state index contributed by atoms with van der Waals surface area (Å²) >= 11 is 1.77. The lowest BCUT2D eigenvalue weighted by molar-refractivity contribution is 0.732. The van der Waals surface area contributed by atoms with Gasteiger partial charge in [0.15, 0.2) is 0 Å². The average Bonchev–Trinajstić information content (AvgIpc) is 2.97. The van der Waals surface area contributed by atoms with Crippen LogP contribution in [0.15, 0.2) is 53.9 Å². The molecule has 0 amide bonds. The fourth-order valence-electron chi connectivity index (χ4n) is 2.69. The molecule has 3 rings (SSSR count). The van der Waals surface area contributed by atoms with Crippen LogP contribution in [0, 0.1) is 0 Å². The molecule has 1 aromatic heterocycles. The van der Waals surface area contributed by atoms with E-state index in [9.17, 15) is 0 Å². The third kappa shape index (κ3) is 2.74. The third-order valence-corrected chi connectivity index (χ3v) is 5.30. The number of fused-ring (bicyclic) bond motifs is 1. The number of benzene rings is 2. The second kappa shape index (κ2) is 6.00. The van der Waals surface area contributed by atoms with E-state index in [4.69, 9.17) is 5.73 Å². The lowest BCUT2D eigenvalue weighted by Crippen LogP contribution is -2.11. The fourth-order valence-corrected chi connectivity index (χ4v) is 3.68. The van der Waals surface area contributed by atoms with Crippen molar-refractivity contribution in [2.75, 3.05) is 0 Å². The van der Waals surface area contributed by atoms with Crippen molar-refractivity contribution in [1.29, 1.82) is 0 Å². The summed E-state index contributed by atoms with van der Waals surface area (Å²) in [5.41, 5.74) is 10.3. The minimum atomic E-state index is -0.0490. The first kappa shape index (κ1) is 14.3. The largest absolute Gasteiger partial charge is 0.320 e. The van der Waals surface area contributed by atoms with Crippen LogP contribution in [0.1, 0.15) is 48.9 Å². The molecule has 2 N–H and O–H groups in total. The molecule has 2 atom stereocenters. The third-order valence-electron chi connectivity index (χ3n) is 4.32. The molecule has 0 aliphatic heterocycles. The van der Waals surface area contributed by atoms with Gasteiger partial charge in [-0.15, -0.1) is 11.3 Å². The highest BCUT2D eigenvalue weighted by Gasteiger charge is 2.14. The molecule has 0 spiro atoms. The molecule has 2 heteroatoms. The Bertz CT molecular complexity index is 727. The quantitative estimate of drug-likeness (QED) is 0.679. The molecule has 0 aliphatic carbocycles. The van der Waals surface area contributed by atoms with Crippen molar-refractivity contribution in [1.82, 2.24) is 0 Å². The molecule has 0 saturated heterocycles. The monoisotopic (exact) mass is 295 g/mol. The Morgan fingerprint density at radius 3 is 2.38 bits per heavy atom. The van der Waals surface area contributed by atoms with E-state index in [1.54, 1.807) is 11.3 Å². The second-order valence-corrected chi connectivity index (χ2v) is 6.55. The Labute approximate surface area is 130 Å². The van der Waals surface area contributed by atoms with Gasteiger partial charge in [-0.3, -0.25) is 0 Å². The highest BCUT2D eigenvalue weighted by molar-refractivity contribution is 7.17. The van der Waals surface area contributed by atoms with Crippen molar-refractivity contribution in [2.24, 2.45) is 5.73 Å². The van der Waals surface area contributed by atoms with Crippen molar-refractivity contribution in [3.63, 3.8) is 0 Å². The van der Waals surface area contributed by atoms with E-state index in [0.29, 0.717) is 5.92 Å². The van der Waals surface area contributed by atoms with Gasteiger partial charge in [0.1, 0.15) is 0 Å². The molecule has 1 nitrogen and oxygen atoms in total. The molecule has 0 bridgehead atoms. The zero-order valence-corrected chi connectivity index (χ0v) is 13.4. The number of rotatable bonds is 4. The van der Waals surface area contributed by atoms with Crippen LogP contribution in [0.3, 0.4) is 0 Å². The van der Waals surface area contributed by atoms with Gasteiger partial charge in [-0.2, -0.15) is 0 Å². The standard InChI is InChI=1S/C19H21NS/c1-3-13(2)14-8-10-15(11-9-14)19(20)17-12-21-18-7-5-4-6-16(17)18/h4-13,19H,3,20H2,1-2H3. The molecule has 0 aliphatic rings. The summed E-state index contributed by atoms with van der Waals surface area (Å²) in [6.07, 6.45) is 1.17. The van der Waals surface area contributed by atoms with E-state index < -0.39 is 0 Å². The van der Waals surface area contributed by atoms with Gasteiger partial charge in [0.05, 0.1) is 6.04 Å². The first-order valence-electron chi connectivity index (χ1n) is 7.52. The molecule has 21 heavy (non-hydrogen) atoms. The van der Waals surface area contributed by atoms with Crippen molar-refractivity contribution in [3.8, 4) is 0 Å². The van der Waals surface area contributed by atoms with Gasteiger partial charge < -0.3 is 5.73 Å². The van der Waals surface area contributed by atoms with Crippen molar-refractivity contribution < 1.29 is 0 Å². The van der Waals surface area contributed by atoms with Crippen LogP contribution in [0.25, 0.3) is 10.1 Å². The summed E-state index contributed by atoms with van der Waals surface area (Å²) in [6.45, 7) is 4.49. The molecule has 0 saturated carbocycles. The topological polar surface area (TPSA) is 26.0 Å². The highest BCUT2D eigenvalue weighted by Crippen LogP contribution is 2.32. The van der Waals surface area contributed by atoms with E-state index in [1.807, 2.05) is 0 Å². The van der Waals surface area contributed by atoms with Crippen molar-refractivity contribution in [3.05, 3.63) is 70.6 Å². The minimum absolute atomic E-state index is 0.0490. The van der Waals surface area contributed by atoms with Gasteiger partial charge in [0, 0.05) is 4.70 Å². The number of nitrogens with two attached hydrogens (primary N) is 1. The first-order valence-corrected chi connectivity index (χ1v) is 8.40. The van der Waals surface area contributed by atoms with Gasteiger partial charge in [0.2, 0.25) is 0 Å². The number of thiophene rings is 1. The van der Waals surface area contributed by atoms with Gasteiger partial charge in [-0.1, -0.05) is 56.3 Å². The maximum absolute atomic E-state index is 6.49. The van der Waals surface area contributed by atoms with Gasteiger partial charge in [-0.05, 0) is 45.9 Å². The molecule has 3 aromatic rings. The van der Waals surface area contributed by atoms with Crippen LogP contribution in [0.5, 0.6) is 0 Å². The van der Waals surface area contributed by atoms with E-state index in [1.165, 1.54) is 33.2 Å². The van der Waals surface area contributed by atoms with Gasteiger partial charge >= 0.3 is 0 Å². The minimum Gasteiger partial charge on any atom is -0.320 e. The SMILES string of the molecule is CCC(C)c1ccc(C(N)c2csc3ccccc23)cc1. The van der Waals surface area contributed by atoms with Crippen molar-refractivity contribution in [2.45, 2.75) is 32.2 Å². The zero-order valence-electron chi connectivity index (χ0n) is 12.5. The molecular weight excluding hydrogens is 274 g/mol. The van der Waals surface area contributed by atoms with E-state index in [-0.39, 0.29) is 6.04 Å². The predicted octanol–water partition coefficient (Wildman–Crippen LogP) is 5.46. The van der Waals surface area contributed by atoms with Gasteiger partial charge in [-0.25, -0.2) is 0 Å². The van der Waals surface area contributed by atoms with Crippen LogP contribution in [0.4, 0.5) is 0 Å². The maximum Gasteiger partial charge on any atom is 0.0566 e. The Kier molecular flexibility index (Phi) is 4.09. The fraction of sp³-hybridized carbons (Fsp3) is 0.263. The normalized spacial score (nSPS) is 14.2. The molecule has 2 unspecified atom stereocenters. The Hall–Kier alpha value is -1.64. The molecule has 108 valence electrons. The van der Waals surface area contributed by atoms with Crippen LogP contribution in [0.2, 0.25) is 0 Å². The first-order chi connectivity index (χ1) is 10.2. The molecule has 2 aromatic carbocycles. The lowest BCUT2D eigenvalue weighted by Gasteiger charge is -2.14. The van der Waals surface area contributed by atoms with Crippen LogP contribution in [-0.4, -0.2) is 0 Å². The van der Waals surface area contributed by atoms with E-state index in [0.717, 1.165) is 0 Å². The highest BCUT2D eigenvalue weighted by atomic mass is 32.1. The average molecular weight is 295 g/mol. The summed E-state index contributed by atoms with van der Waals surface area (Å²) in [7, 11) is 0. The molecular formula is C19H21NS. The summed E-state index contributed by atoms with van der Waals surface area (Å²) < 4.78 is 1.30.